The molecule has 3 rings (SSSR count). The molecular weight excluding hydrogens is 362 g/mol. The number of aliphatic imine (C=N–C) groups is 1. The maximum atomic E-state index is 11.8. The van der Waals surface area contributed by atoms with Crippen LogP contribution >= 0.6 is 0 Å². The summed E-state index contributed by atoms with van der Waals surface area (Å²) in [6, 6.07) is 17.9. The quantitative estimate of drug-likeness (QED) is 0.429. The number of hydrogen-bond acceptors (Lipinski definition) is 3. The lowest BCUT2D eigenvalue weighted by Crippen LogP contribution is -2.38. The molecule has 150 valence electrons. The van der Waals surface area contributed by atoms with Crippen LogP contribution in [0.1, 0.15) is 28.5 Å². The number of nitrogens with one attached hydrogen (secondary N) is 3. The molecular formula is C23H27N5O. The van der Waals surface area contributed by atoms with Gasteiger partial charge in [-0.1, -0.05) is 36.4 Å². The Labute approximate surface area is 171 Å². The average Bonchev–Trinajstić information content (AvgIpc) is 2.77. The van der Waals surface area contributed by atoms with E-state index in [1.54, 1.807) is 7.05 Å². The van der Waals surface area contributed by atoms with Gasteiger partial charge in [-0.25, -0.2) is 4.99 Å². The molecule has 3 N–H and O–H groups in total. The molecule has 3 aromatic rings. The number of carbonyl (C=O) groups excluding carboxylic acids is 1. The zero-order chi connectivity index (χ0) is 20.5. The summed E-state index contributed by atoms with van der Waals surface area (Å²) >= 11 is 0. The van der Waals surface area contributed by atoms with Gasteiger partial charge in [-0.05, 0) is 42.5 Å². The number of aromatic nitrogens is 1. The molecule has 0 aliphatic rings. The molecule has 1 heterocycles. The minimum absolute atomic E-state index is 0.0719. The molecule has 0 bridgehead atoms. The smallest absolute Gasteiger partial charge is 0.251 e. The van der Waals surface area contributed by atoms with Gasteiger partial charge in [0.2, 0.25) is 0 Å². The fourth-order valence-corrected chi connectivity index (χ4v) is 3.14. The first-order chi connectivity index (χ1) is 14.2. The van der Waals surface area contributed by atoms with Gasteiger partial charge in [-0.3, -0.25) is 9.78 Å². The first kappa shape index (κ1) is 20.3. The molecule has 0 fully saturated rings. The van der Waals surface area contributed by atoms with Crippen molar-refractivity contribution in [1.82, 2.24) is 20.9 Å². The molecule has 0 saturated carbocycles. The van der Waals surface area contributed by atoms with Gasteiger partial charge in [-0.2, -0.15) is 0 Å². The van der Waals surface area contributed by atoms with E-state index >= 15 is 0 Å². The van der Waals surface area contributed by atoms with Crippen molar-refractivity contribution in [2.75, 3.05) is 20.1 Å². The summed E-state index contributed by atoms with van der Waals surface area (Å²) < 4.78 is 0. The molecule has 0 aliphatic heterocycles. The van der Waals surface area contributed by atoms with Crippen LogP contribution in [0.3, 0.4) is 0 Å². The highest BCUT2D eigenvalue weighted by Crippen LogP contribution is 2.16. The van der Waals surface area contributed by atoms with Gasteiger partial charge in [0.1, 0.15) is 0 Å². The summed E-state index contributed by atoms with van der Waals surface area (Å²) in [5.74, 6) is 0.682. The fourth-order valence-electron chi connectivity index (χ4n) is 3.14. The van der Waals surface area contributed by atoms with E-state index in [2.05, 4.69) is 33.1 Å². The first-order valence-electron chi connectivity index (χ1n) is 9.87. The van der Waals surface area contributed by atoms with Crippen molar-refractivity contribution >= 4 is 22.6 Å². The van der Waals surface area contributed by atoms with Crippen LogP contribution in [0, 0.1) is 0 Å². The van der Waals surface area contributed by atoms with Gasteiger partial charge in [-0.15, -0.1) is 0 Å². The number of fused-ring (bicyclic) bond motifs is 1. The Morgan fingerprint density at radius 3 is 2.76 bits per heavy atom. The first-order valence-corrected chi connectivity index (χ1v) is 9.87. The average molecular weight is 390 g/mol. The summed E-state index contributed by atoms with van der Waals surface area (Å²) in [5, 5.41) is 11.6. The minimum Gasteiger partial charge on any atom is -0.357 e. The standard InChI is InChI=1S/C23H27N5O/c1-3-25-23(27-13-11-17-7-6-9-19(15-17)22(29)24-2)28-16-21-20-10-5-4-8-18(20)12-14-26-21/h4-10,12,14-15H,3,11,13,16H2,1-2H3,(H,24,29)(H2,25,27,28). The Kier molecular flexibility index (Phi) is 7.16. The fraction of sp³-hybridized carbons (Fsp3) is 0.261. The van der Waals surface area contributed by atoms with Crippen LogP contribution in [0.15, 0.2) is 65.8 Å². The number of nitrogens with zero attached hydrogens (tertiary/aromatic N) is 2. The molecule has 6 heteroatoms. The molecule has 0 radical (unpaired) electrons. The van der Waals surface area contributed by atoms with E-state index in [1.165, 1.54) is 5.39 Å². The van der Waals surface area contributed by atoms with Crippen molar-refractivity contribution in [1.29, 1.82) is 0 Å². The highest BCUT2D eigenvalue weighted by atomic mass is 16.1. The van der Waals surface area contributed by atoms with Crippen molar-refractivity contribution < 1.29 is 4.79 Å². The Morgan fingerprint density at radius 1 is 1.07 bits per heavy atom. The molecule has 2 aromatic carbocycles. The van der Waals surface area contributed by atoms with Crippen molar-refractivity contribution in [2.45, 2.75) is 19.9 Å². The zero-order valence-corrected chi connectivity index (χ0v) is 16.9. The summed E-state index contributed by atoms with van der Waals surface area (Å²) in [6.07, 6.45) is 2.62. The molecule has 0 aliphatic carbocycles. The second-order valence-electron chi connectivity index (χ2n) is 6.63. The van der Waals surface area contributed by atoms with Crippen LogP contribution in [0.25, 0.3) is 10.8 Å². The van der Waals surface area contributed by atoms with Gasteiger partial charge in [0.05, 0.1) is 12.2 Å². The Morgan fingerprint density at radius 2 is 1.93 bits per heavy atom. The summed E-state index contributed by atoms with van der Waals surface area (Å²) in [4.78, 5) is 21.0. The monoisotopic (exact) mass is 389 g/mol. The molecule has 1 amide bonds. The van der Waals surface area contributed by atoms with Crippen molar-refractivity contribution in [3.8, 4) is 0 Å². The van der Waals surface area contributed by atoms with Crippen molar-refractivity contribution in [3.05, 3.63) is 77.6 Å². The summed E-state index contributed by atoms with van der Waals surface area (Å²) in [6.45, 7) is 4.04. The van der Waals surface area contributed by atoms with Gasteiger partial charge < -0.3 is 16.0 Å². The summed E-state index contributed by atoms with van der Waals surface area (Å²) in [5.41, 5.74) is 2.73. The number of guanidine groups is 1. The number of amides is 1. The van der Waals surface area contributed by atoms with E-state index in [9.17, 15) is 4.79 Å². The third kappa shape index (κ3) is 5.54. The lowest BCUT2D eigenvalue weighted by Gasteiger charge is -2.12. The van der Waals surface area contributed by atoms with Gasteiger partial charge >= 0.3 is 0 Å². The highest BCUT2D eigenvalue weighted by molar-refractivity contribution is 5.94. The predicted molar refractivity (Wildman–Crippen MR) is 118 cm³/mol. The van der Waals surface area contributed by atoms with Crippen LogP contribution in [-0.4, -0.2) is 37.0 Å². The van der Waals surface area contributed by atoms with E-state index in [0.717, 1.165) is 35.6 Å². The van der Waals surface area contributed by atoms with Crippen LogP contribution in [0.2, 0.25) is 0 Å². The number of pyridine rings is 1. The second kappa shape index (κ2) is 10.2. The normalized spacial score (nSPS) is 11.3. The van der Waals surface area contributed by atoms with E-state index in [1.807, 2.05) is 55.6 Å². The maximum absolute atomic E-state index is 11.8. The lowest BCUT2D eigenvalue weighted by atomic mass is 10.1. The maximum Gasteiger partial charge on any atom is 0.251 e. The SMILES string of the molecule is CCNC(=NCc1nccc2ccccc12)NCCc1cccc(C(=O)NC)c1. The predicted octanol–water partition coefficient (Wildman–Crippen LogP) is 2.89. The number of benzene rings is 2. The summed E-state index contributed by atoms with van der Waals surface area (Å²) in [7, 11) is 1.64. The third-order valence-electron chi connectivity index (χ3n) is 4.61. The molecule has 6 nitrogen and oxygen atoms in total. The van der Waals surface area contributed by atoms with Crippen LogP contribution in [0.4, 0.5) is 0 Å². The topological polar surface area (TPSA) is 78.4 Å². The largest absolute Gasteiger partial charge is 0.357 e. The molecule has 29 heavy (non-hydrogen) atoms. The number of rotatable bonds is 7. The number of carbonyl (C=O) groups is 1. The van der Waals surface area contributed by atoms with Crippen LogP contribution in [-0.2, 0) is 13.0 Å². The second-order valence-corrected chi connectivity index (χ2v) is 6.63. The zero-order valence-electron chi connectivity index (χ0n) is 16.9. The van der Waals surface area contributed by atoms with Gasteiger partial charge in [0.15, 0.2) is 5.96 Å². The Hall–Kier alpha value is -3.41. The Bertz CT molecular complexity index is 994. The van der Waals surface area contributed by atoms with E-state index in [0.29, 0.717) is 18.7 Å². The van der Waals surface area contributed by atoms with E-state index in [-0.39, 0.29) is 5.91 Å². The molecule has 0 spiro atoms. The number of hydrogen-bond donors (Lipinski definition) is 3. The van der Waals surface area contributed by atoms with Crippen molar-refractivity contribution in [2.24, 2.45) is 4.99 Å². The third-order valence-corrected chi connectivity index (χ3v) is 4.61. The lowest BCUT2D eigenvalue weighted by molar-refractivity contribution is 0.0963. The van der Waals surface area contributed by atoms with Crippen LogP contribution < -0.4 is 16.0 Å². The molecule has 0 atom stereocenters. The van der Waals surface area contributed by atoms with Gasteiger partial charge in [0, 0.05) is 37.3 Å². The van der Waals surface area contributed by atoms with Crippen LogP contribution in [0.5, 0.6) is 0 Å². The van der Waals surface area contributed by atoms with E-state index < -0.39 is 0 Å². The molecule has 1 aromatic heterocycles. The Balaban J connectivity index is 1.63. The van der Waals surface area contributed by atoms with E-state index in [4.69, 9.17) is 4.99 Å². The van der Waals surface area contributed by atoms with Gasteiger partial charge in [0.25, 0.3) is 5.91 Å². The molecule has 0 saturated heterocycles. The molecule has 0 unspecified atom stereocenters. The van der Waals surface area contributed by atoms with Crippen molar-refractivity contribution in [3.63, 3.8) is 0 Å². The highest BCUT2D eigenvalue weighted by Gasteiger charge is 2.05. The minimum atomic E-state index is -0.0719.